The van der Waals surface area contributed by atoms with Crippen LogP contribution in [-0.4, -0.2) is 86.7 Å². The fraction of sp³-hybridized carbons (Fsp3) is 0.360. The van der Waals surface area contributed by atoms with Gasteiger partial charge in [0.2, 0.25) is 10.0 Å². The van der Waals surface area contributed by atoms with Gasteiger partial charge < -0.3 is 16.0 Å². The van der Waals surface area contributed by atoms with Crippen LogP contribution in [0.25, 0.3) is 10.8 Å². The number of rotatable bonds is 6. The van der Waals surface area contributed by atoms with Gasteiger partial charge in [0, 0.05) is 55.5 Å². The van der Waals surface area contributed by atoms with Crippen LogP contribution in [0.2, 0.25) is 0 Å². The van der Waals surface area contributed by atoms with Gasteiger partial charge in [-0.3, -0.25) is 10.2 Å². The predicted octanol–water partition coefficient (Wildman–Crippen LogP) is 0.886. The van der Waals surface area contributed by atoms with Gasteiger partial charge in [-0.2, -0.15) is 4.31 Å². The smallest absolute Gasteiger partial charge is 0.283 e. The predicted molar refractivity (Wildman–Crippen MR) is 149 cm³/mol. The van der Waals surface area contributed by atoms with Crippen LogP contribution in [0.4, 0.5) is 0 Å². The van der Waals surface area contributed by atoms with E-state index >= 15 is 0 Å². The maximum absolute atomic E-state index is 13.8. The van der Waals surface area contributed by atoms with Crippen molar-refractivity contribution in [2.24, 2.45) is 5.73 Å². The molecule has 0 saturated carbocycles. The number of hydrogen-bond acceptors (Lipinski definition) is 10. The Morgan fingerprint density at radius 3 is 2.80 bits per heavy atom. The van der Waals surface area contributed by atoms with Crippen LogP contribution in [-0.2, 0) is 29.4 Å². The van der Waals surface area contributed by atoms with Crippen LogP contribution in [0.1, 0.15) is 38.7 Å². The van der Waals surface area contributed by atoms with Gasteiger partial charge in [0.05, 0.1) is 16.6 Å². The number of H-pyrrole nitrogens is 1. The van der Waals surface area contributed by atoms with Gasteiger partial charge in [0.15, 0.2) is 10.8 Å². The van der Waals surface area contributed by atoms with Gasteiger partial charge in [0.25, 0.3) is 5.91 Å². The normalized spacial score (nSPS) is 20.0. The molecule has 13 nitrogen and oxygen atoms in total. The lowest BCUT2D eigenvalue weighted by molar-refractivity contribution is 0.0561. The van der Waals surface area contributed by atoms with Crippen LogP contribution in [0, 0.1) is 5.41 Å². The number of nitrogens with two attached hydrogens (primary N) is 1. The Balaban J connectivity index is 1.28. The van der Waals surface area contributed by atoms with E-state index in [-0.39, 0.29) is 42.7 Å². The van der Waals surface area contributed by atoms with E-state index in [1.54, 1.807) is 35.2 Å². The standard InChI is InChI=1S/C25H28N10O3S2/c1-14-8-20-21(12-28-14)39-24(29-20)25(36)35-7-6-34(13-18(35)11-22-30-32-33-31-22)40(37,38)19-5-4-15-2-3-16(23(26)27)9-17(15)10-19/h2-5,9-10,14,18,28H,6-8,11-13H2,1H3,(H3,26,27)(H,30,31,32,33). The molecule has 0 aliphatic carbocycles. The molecule has 0 radical (unpaired) electrons. The number of nitrogen functional groups attached to an aromatic ring is 1. The average molecular weight is 581 g/mol. The van der Waals surface area contributed by atoms with Crippen molar-refractivity contribution in [3.05, 3.63) is 63.4 Å². The Bertz CT molecular complexity index is 1700. The molecule has 2 aliphatic heterocycles. The van der Waals surface area contributed by atoms with Crippen molar-refractivity contribution < 1.29 is 13.2 Å². The van der Waals surface area contributed by atoms with E-state index < -0.39 is 16.1 Å². The summed E-state index contributed by atoms with van der Waals surface area (Å²) < 4.78 is 29.0. The summed E-state index contributed by atoms with van der Waals surface area (Å²) in [4.78, 5) is 21.2. The fourth-order valence-corrected chi connectivity index (χ4v) is 7.70. The van der Waals surface area contributed by atoms with Crippen LogP contribution in [0.15, 0.2) is 41.3 Å². The lowest BCUT2D eigenvalue weighted by Gasteiger charge is -2.40. The molecule has 15 heteroatoms. The number of benzene rings is 2. The fourth-order valence-electron chi connectivity index (χ4n) is 5.20. The number of sulfonamides is 1. The van der Waals surface area contributed by atoms with E-state index in [1.807, 2.05) is 6.07 Å². The van der Waals surface area contributed by atoms with Crippen molar-refractivity contribution in [2.75, 3.05) is 19.6 Å². The molecular weight excluding hydrogens is 552 g/mol. The molecule has 1 saturated heterocycles. The second-order valence-electron chi connectivity index (χ2n) is 10.1. The highest BCUT2D eigenvalue weighted by molar-refractivity contribution is 7.89. The number of nitrogens with zero attached hydrogens (tertiary/aromatic N) is 6. The third kappa shape index (κ3) is 4.96. The number of tetrazole rings is 1. The quantitative estimate of drug-likeness (QED) is 0.190. The number of fused-ring (bicyclic) bond motifs is 2. The van der Waals surface area contributed by atoms with E-state index in [2.05, 4.69) is 37.8 Å². The minimum absolute atomic E-state index is 0.0734. The lowest BCUT2D eigenvalue weighted by Crippen LogP contribution is -2.57. The lowest BCUT2D eigenvalue weighted by atomic mass is 10.1. The Labute approximate surface area is 234 Å². The van der Waals surface area contributed by atoms with Crippen LogP contribution >= 0.6 is 11.3 Å². The molecule has 40 heavy (non-hydrogen) atoms. The number of thiazole rings is 1. The molecule has 2 aromatic carbocycles. The molecule has 1 fully saturated rings. The summed E-state index contributed by atoms with van der Waals surface area (Å²) in [7, 11) is -3.89. The number of amidine groups is 1. The van der Waals surface area contributed by atoms with Gasteiger partial charge >= 0.3 is 0 Å². The first-order valence-corrected chi connectivity index (χ1v) is 15.1. The first-order chi connectivity index (χ1) is 19.2. The minimum Gasteiger partial charge on any atom is -0.384 e. The van der Waals surface area contributed by atoms with E-state index in [0.29, 0.717) is 34.4 Å². The number of amides is 1. The minimum atomic E-state index is -3.89. The number of hydrogen-bond donors (Lipinski definition) is 4. The number of nitrogens with one attached hydrogen (secondary N) is 3. The Hall–Kier alpha value is -3.79. The summed E-state index contributed by atoms with van der Waals surface area (Å²) in [6, 6.07) is 9.94. The Morgan fingerprint density at radius 1 is 1.20 bits per heavy atom. The second kappa shape index (κ2) is 10.3. The molecule has 2 aliphatic rings. The van der Waals surface area contributed by atoms with Crippen molar-refractivity contribution >= 4 is 43.9 Å². The highest BCUT2D eigenvalue weighted by Gasteiger charge is 2.38. The van der Waals surface area contributed by atoms with Gasteiger partial charge in [-0.25, -0.2) is 18.5 Å². The van der Waals surface area contributed by atoms with E-state index in [0.717, 1.165) is 22.4 Å². The molecule has 6 rings (SSSR count). The van der Waals surface area contributed by atoms with E-state index in [4.69, 9.17) is 11.1 Å². The molecule has 4 heterocycles. The maximum Gasteiger partial charge on any atom is 0.283 e. The first kappa shape index (κ1) is 26.4. The van der Waals surface area contributed by atoms with Crippen molar-refractivity contribution in [1.29, 1.82) is 5.41 Å². The number of piperazine rings is 1. The van der Waals surface area contributed by atoms with Crippen LogP contribution < -0.4 is 11.1 Å². The maximum atomic E-state index is 13.8. The third-order valence-electron chi connectivity index (χ3n) is 7.36. The summed E-state index contributed by atoms with van der Waals surface area (Å²) in [5.74, 6) is 0.151. The molecule has 0 bridgehead atoms. The molecule has 2 aromatic heterocycles. The van der Waals surface area contributed by atoms with E-state index in [9.17, 15) is 13.2 Å². The average Bonchev–Trinajstić information content (AvgIpc) is 3.61. The molecule has 0 spiro atoms. The Kier molecular flexibility index (Phi) is 6.82. The van der Waals surface area contributed by atoms with E-state index in [1.165, 1.54) is 15.6 Å². The number of aromatic amines is 1. The summed E-state index contributed by atoms with van der Waals surface area (Å²) in [6.45, 7) is 3.17. The summed E-state index contributed by atoms with van der Waals surface area (Å²) in [6.07, 6.45) is 1.02. The SMILES string of the molecule is CC1Cc2nc(C(=O)N3CCN(S(=O)(=O)c4ccc5ccc(C(=N)N)cc5c4)CC3Cc3nnn[nH]3)sc2CN1. The molecule has 2 unspecified atom stereocenters. The highest BCUT2D eigenvalue weighted by atomic mass is 32.2. The van der Waals surface area contributed by atoms with Gasteiger partial charge in [-0.05, 0) is 46.3 Å². The summed E-state index contributed by atoms with van der Waals surface area (Å²) >= 11 is 1.39. The monoisotopic (exact) mass is 580 g/mol. The number of carbonyl (C=O) groups is 1. The molecule has 2 atom stereocenters. The number of aromatic nitrogens is 5. The molecular formula is C25H28N10O3S2. The summed E-state index contributed by atoms with van der Waals surface area (Å²) in [5, 5.41) is 27.0. The summed E-state index contributed by atoms with van der Waals surface area (Å²) in [5.41, 5.74) is 7.09. The third-order valence-corrected chi connectivity index (χ3v) is 10.3. The first-order valence-electron chi connectivity index (χ1n) is 12.8. The molecule has 4 aromatic rings. The zero-order valence-electron chi connectivity index (χ0n) is 21.7. The Morgan fingerprint density at radius 2 is 2.02 bits per heavy atom. The van der Waals surface area contributed by atoms with Crippen LogP contribution in [0.3, 0.4) is 0 Å². The van der Waals surface area contributed by atoms with Gasteiger partial charge in [-0.15, -0.1) is 16.4 Å². The topological polar surface area (TPSA) is 187 Å². The second-order valence-corrected chi connectivity index (χ2v) is 13.1. The van der Waals surface area contributed by atoms with Crippen molar-refractivity contribution in [3.8, 4) is 0 Å². The molecule has 1 amide bonds. The largest absolute Gasteiger partial charge is 0.384 e. The zero-order chi connectivity index (χ0) is 28.0. The van der Waals surface area contributed by atoms with Crippen molar-refractivity contribution in [3.63, 3.8) is 0 Å². The molecule has 208 valence electrons. The van der Waals surface area contributed by atoms with Crippen molar-refractivity contribution in [1.82, 2.24) is 40.1 Å². The molecule has 5 N–H and O–H groups in total. The number of carbonyl (C=O) groups excluding carboxylic acids is 1. The zero-order valence-corrected chi connectivity index (χ0v) is 23.3. The highest BCUT2D eigenvalue weighted by Crippen LogP contribution is 2.29. The van der Waals surface area contributed by atoms with Gasteiger partial charge in [0.1, 0.15) is 5.84 Å². The van der Waals surface area contributed by atoms with Crippen LogP contribution in [0.5, 0.6) is 0 Å². The van der Waals surface area contributed by atoms with Crippen molar-refractivity contribution in [2.45, 2.75) is 43.3 Å². The van der Waals surface area contributed by atoms with Gasteiger partial charge in [-0.1, -0.05) is 18.2 Å².